The summed E-state index contributed by atoms with van der Waals surface area (Å²) in [5.74, 6) is -1.18. The smallest absolute Gasteiger partial charge is 0.548 e. The van der Waals surface area contributed by atoms with E-state index in [2.05, 4.69) is 4.74 Å². The average molecular weight is 96.0 g/mol. The van der Waals surface area contributed by atoms with Gasteiger partial charge in [-0.15, -0.1) is 0 Å². The second-order valence-corrected chi connectivity index (χ2v) is 0.805. The number of methoxy groups -OCH3 is 1. The Labute approximate surface area is 53.8 Å². The van der Waals surface area contributed by atoms with Crippen LogP contribution in [0.4, 0.5) is 0 Å². The molecule has 36 valence electrons. The van der Waals surface area contributed by atoms with E-state index in [0.29, 0.717) is 0 Å². The van der Waals surface area contributed by atoms with Crippen LogP contribution in [0.5, 0.6) is 0 Å². The number of carboxylic acids is 1. The van der Waals surface area contributed by atoms with E-state index in [0.717, 1.165) is 0 Å². The molecule has 0 heterocycles. The summed E-state index contributed by atoms with van der Waals surface area (Å²) in [6.07, 6.45) is 0. The monoisotopic (exact) mass is 96.0 g/mol. The van der Waals surface area contributed by atoms with E-state index in [4.69, 9.17) is 0 Å². The largest absolute Gasteiger partial charge is 1.00 e. The molecule has 0 rings (SSSR count). The number of hydrogen-bond acceptors (Lipinski definition) is 3. The zero-order valence-corrected chi connectivity index (χ0v) is 4.43. The van der Waals surface area contributed by atoms with Crippen molar-refractivity contribution in [2.75, 3.05) is 13.7 Å². The minimum Gasteiger partial charge on any atom is -0.548 e. The van der Waals surface area contributed by atoms with Crippen LogP contribution < -0.4 is 24.0 Å². The molecule has 0 aliphatic rings. The summed E-state index contributed by atoms with van der Waals surface area (Å²) in [5, 5.41) is 9.36. The Morgan fingerprint density at radius 2 is 2.29 bits per heavy atom. The van der Waals surface area contributed by atoms with Gasteiger partial charge in [-0.1, -0.05) is 0 Å². The van der Waals surface area contributed by atoms with Crippen molar-refractivity contribution in [1.82, 2.24) is 0 Å². The Kier molecular flexibility index (Phi) is 8.70. The molecule has 7 heavy (non-hydrogen) atoms. The second-order valence-electron chi connectivity index (χ2n) is 0.805. The third kappa shape index (κ3) is 10.7. The van der Waals surface area contributed by atoms with Gasteiger partial charge >= 0.3 is 18.9 Å². The quantitative estimate of drug-likeness (QED) is 0.325. The van der Waals surface area contributed by atoms with Crippen molar-refractivity contribution in [1.29, 1.82) is 0 Å². The molecule has 0 unspecified atom stereocenters. The van der Waals surface area contributed by atoms with E-state index >= 15 is 0 Å². The molecule has 0 radical (unpaired) electrons. The van der Waals surface area contributed by atoms with Crippen LogP contribution in [-0.4, -0.2) is 19.7 Å². The SMILES string of the molecule is COCC(=O)[O-].[Li+]. The van der Waals surface area contributed by atoms with E-state index in [1.165, 1.54) is 7.11 Å². The number of carboxylic acid groups (broad SMARTS) is 1. The third-order valence-electron chi connectivity index (χ3n) is 0.262. The first-order valence-electron chi connectivity index (χ1n) is 1.46. The van der Waals surface area contributed by atoms with Crippen LogP contribution in [0.1, 0.15) is 0 Å². The molecule has 0 aliphatic carbocycles. The molecule has 4 heteroatoms. The van der Waals surface area contributed by atoms with E-state index in [1.54, 1.807) is 0 Å². The number of hydrogen-bond donors (Lipinski definition) is 0. The summed E-state index contributed by atoms with van der Waals surface area (Å²) in [4.78, 5) is 9.36. The molecular weight excluding hydrogens is 91.0 g/mol. The van der Waals surface area contributed by atoms with Crippen LogP contribution in [0.25, 0.3) is 0 Å². The number of aliphatic carboxylic acids is 1. The summed E-state index contributed by atoms with van der Waals surface area (Å²) in [5.41, 5.74) is 0. The van der Waals surface area contributed by atoms with Crippen LogP contribution in [0, 0.1) is 0 Å². The van der Waals surface area contributed by atoms with Crippen molar-refractivity contribution in [2.45, 2.75) is 0 Å². The van der Waals surface area contributed by atoms with E-state index < -0.39 is 5.97 Å². The van der Waals surface area contributed by atoms with Crippen LogP contribution in [0.2, 0.25) is 0 Å². The standard InChI is InChI=1S/C3H6O3.Li/c1-6-2-3(4)5;/h2H2,1H3,(H,4,5);/q;+1/p-1. The zero-order valence-electron chi connectivity index (χ0n) is 4.43. The molecule has 0 aromatic heterocycles. The molecule has 0 saturated heterocycles. The van der Waals surface area contributed by atoms with Crippen molar-refractivity contribution in [3.63, 3.8) is 0 Å². The Hall–Kier alpha value is 0.0274. The van der Waals surface area contributed by atoms with E-state index in [-0.39, 0.29) is 25.5 Å². The molecule has 0 aromatic carbocycles. The predicted octanol–water partition coefficient (Wildman–Crippen LogP) is -4.61. The molecule has 0 N–H and O–H groups in total. The van der Waals surface area contributed by atoms with E-state index in [1.807, 2.05) is 0 Å². The van der Waals surface area contributed by atoms with Gasteiger partial charge in [-0.25, -0.2) is 0 Å². The molecular formula is C3H5LiO3. The Morgan fingerprint density at radius 3 is 2.29 bits per heavy atom. The van der Waals surface area contributed by atoms with Gasteiger partial charge in [-0.05, 0) is 0 Å². The van der Waals surface area contributed by atoms with Gasteiger partial charge in [-0.2, -0.15) is 0 Å². The first kappa shape index (κ1) is 10.1. The van der Waals surface area contributed by atoms with Crippen LogP contribution in [0.3, 0.4) is 0 Å². The van der Waals surface area contributed by atoms with Crippen molar-refractivity contribution in [2.24, 2.45) is 0 Å². The van der Waals surface area contributed by atoms with Gasteiger partial charge in [0.15, 0.2) is 0 Å². The summed E-state index contributed by atoms with van der Waals surface area (Å²) < 4.78 is 4.14. The fraction of sp³-hybridized carbons (Fsp3) is 0.667. The van der Waals surface area contributed by atoms with Gasteiger partial charge < -0.3 is 14.6 Å². The fourth-order valence-electron chi connectivity index (χ4n) is 0.118. The molecule has 0 spiro atoms. The zero-order chi connectivity index (χ0) is 4.99. The molecule has 0 bridgehead atoms. The van der Waals surface area contributed by atoms with Crippen LogP contribution in [0.15, 0.2) is 0 Å². The Bertz CT molecular complexity index is 54.1. The van der Waals surface area contributed by atoms with Crippen molar-refractivity contribution in [3.05, 3.63) is 0 Å². The van der Waals surface area contributed by atoms with Crippen molar-refractivity contribution < 1.29 is 33.5 Å². The average Bonchev–Trinajstić information content (AvgIpc) is 1.35. The van der Waals surface area contributed by atoms with Gasteiger partial charge in [-0.3, -0.25) is 0 Å². The molecule has 0 atom stereocenters. The Morgan fingerprint density at radius 1 is 1.86 bits per heavy atom. The van der Waals surface area contributed by atoms with Crippen molar-refractivity contribution in [3.8, 4) is 0 Å². The van der Waals surface area contributed by atoms with Gasteiger partial charge in [0.25, 0.3) is 0 Å². The molecule has 0 aliphatic heterocycles. The maximum atomic E-state index is 9.36. The summed E-state index contributed by atoms with van der Waals surface area (Å²) in [6, 6.07) is 0. The summed E-state index contributed by atoms with van der Waals surface area (Å²) >= 11 is 0. The normalized spacial score (nSPS) is 7.00. The minimum absolute atomic E-state index is 0. The van der Waals surface area contributed by atoms with Crippen LogP contribution in [-0.2, 0) is 9.53 Å². The summed E-state index contributed by atoms with van der Waals surface area (Å²) in [6.45, 7) is -0.319. The maximum Gasteiger partial charge on any atom is 1.00 e. The first-order chi connectivity index (χ1) is 2.77. The minimum atomic E-state index is -1.18. The number of ether oxygens (including phenoxy) is 1. The first-order valence-corrected chi connectivity index (χ1v) is 1.46. The molecule has 3 nitrogen and oxygen atoms in total. The van der Waals surface area contributed by atoms with Gasteiger partial charge in [0.05, 0.1) is 12.6 Å². The van der Waals surface area contributed by atoms with Gasteiger partial charge in [0.1, 0.15) is 0 Å². The van der Waals surface area contributed by atoms with Gasteiger partial charge in [0.2, 0.25) is 0 Å². The topological polar surface area (TPSA) is 49.4 Å². The Balaban J connectivity index is 0. The number of rotatable bonds is 2. The fourth-order valence-corrected chi connectivity index (χ4v) is 0.118. The maximum absolute atomic E-state index is 9.36. The molecule has 0 fully saturated rings. The second kappa shape index (κ2) is 6.03. The van der Waals surface area contributed by atoms with E-state index in [9.17, 15) is 9.90 Å². The van der Waals surface area contributed by atoms with Crippen molar-refractivity contribution >= 4 is 5.97 Å². The molecule has 0 amide bonds. The summed E-state index contributed by atoms with van der Waals surface area (Å²) in [7, 11) is 1.30. The number of carbonyl (C=O) groups excluding carboxylic acids is 1. The molecule has 0 saturated carbocycles. The van der Waals surface area contributed by atoms with Gasteiger partial charge in [0, 0.05) is 7.11 Å². The number of carbonyl (C=O) groups is 1. The predicted molar refractivity (Wildman–Crippen MR) is 16.9 cm³/mol. The van der Waals surface area contributed by atoms with Crippen LogP contribution >= 0.6 is 0 Å². The molecule has 0 aromatic rings. The third-order valence-corrected chi connectivity index (χ3v) is 0.262.